The number of carbonyl (C=O) groups is 3. The Morgan fingerprint density at radius 1 is 1.23 bits per heavy atom. The van der Waals surface area contributed by atoms with E-state index in [9.17, 15) is 22.8 Å². The third kappa shape index (κ3) is 3.78. The van der Waals surface area contributed by atoms with Crippen molar-refractivity contribution < 1.29 is 22.8 Å². The van der Waals surface area contributed by atoms with Gasteiger partial charge in [-0.1, -0.05) is 29.3 Å². The zero-order valence-corrected chi connectivity index (χ0v) is 18.6. The number of sulfone groups is 1. The van der Waals surface area contributed by atoms with E-state index in [1.165, 1.54) is 13.0 Å². The molecule has 1 saturated carbocycles. The first kappa shape index (κ1) is 21.4. The maximum Gasteiger partial charge on any atom is 0.325 e. The second-order valence-electron chi connectivity index (χ2n) is 8.16. The number of urea groups is 1. The second kappa shape index (κ2) is 7.39. The molecule has 2 atom stereocenters. The van der Waals surface area contributed by atoms with Crippen LogP contribution in [0.1, 0.15) is 31.7 Å². The monoisotopic (exact) mass is 473 g/mol. The highest BCUT2D eigenvalue weighted by atomic mass is 35.5. The average molecular weight is 474 g/mol. The van der Waals surface area contributed by atoms with Gasteiger partial charge in [-0.2, -0.15) is 0 Å². The molecule has 1 aliphatic carbocycles. The first-order valence-electron chi connectivity index (χ1n) is 9.63. The summed E-state index contributed by atoms with van der Waals surface area (Å²) in [5.74, 6) is -1.05. The van der Waals surface area contributed by atoms with Crippen molar-refractivity contribution in [2.75, 3.05) is 18.1 Å². The largest absolute Gasteiger partial charge is 0.334 e. The fourth-order valence-corrected chi connectivity index (χ4v) is 6.50. The Morgan fingerprint density at radius 3 is 2.50 bits per heavy atom. The summed E-state index contributed by atoms with van der Waals surface area (Å²) in [6.07, 6.45) is 1.96. The summed E-state index contributed by atoms with van der Waals surface area (Å²) in [7, 11) is -3.17. The Morgan fingerprint density at radius 2 is 1.93 bits per heavy atom. The number of benzene rings is 1. The van der Waals surface area contributed by atoms with Crippen molar-refractivity contribution in [1.82, 2.24) is 15.1 Å². The number of hydrogen-bond acceptors (Lipinski definition) is 5. The molecular weight excluding hydrogens is 453 g/mol. The molecule has 0 radical (unpaired) electrons. The smallest absolute Gasteiger partial charge is 0.325 e. The van der Waals surface area contributed by atoms with Crippen LogP contribution < -0.4 is 5.32 Å². The fourth-order valence-electron chi connectivity index (χ4n) is 4.19. The average Bonchev–Trinajstić information content (AvgIpc) is 3.37. The lowest BCUT2D eigenvalue weighted by atomic mass is 9.92. The molecule has 162 valence electrons. The predicted molar refractivity (Wildman–Crippen MR) is 111 cm³/mol. The van der Waals surface area contributed by atoms with Gasteiger partial charge in [0.2, 0.25) is 5.91 Å². The third-order valence-electron chi connectivity index (χ3n) is 5.87. The minimum atomic E-state index is -3.17. The minimum absolute atomic E-state index is 0.0336. The first-order chi connectivity index (χ1) is 14.0. The Bertz CT molecular complexity index is 1040. The standard InChI is InChI=1S/C19H21Cl2N3O5S/c1-19(14-5-2-11(20)8-15(14)21)17(26)23(18(27)22-19)9-16(25)24(12-3-4-12)13-6-7-30(28,29)10-13/h2,5,8,12-13H,3-4,6-7,9-10H2,1H3,(H,22,27)/t13-,19+/m1/s1. The van der Waals surface area contributed by atoms with Crippen LogP contribution in [0.4, 0.5) is 4.79 Å². The van der Waals surface area contributed by atoms with Crippen LogP contribution in [-0.4, -0.2) is 66.2 Å². The van der Waals surface area contributed by atoms with E-state index >= 15 is 0 Å². The molecule has 30 heavy (non-hydrogen) atoms. The molecule has 0 aromatic heterocycles. The summed E-state index contributed by atoms with van der Waals surface area (Å²) >= 11 is 12.2. The maximum absolute atomic E-state index is 13.1. The molecule has 4 amide bonds. The van der Waals surface area contributed by atoms with Crippen molar-refractivity contribution in [3.8, 4) is 0 Å². The van der Waals surface area contributed by atoms with E-state index in [1.54, 1.807) is 17.0 Å². The normalized spacial score (nSPS) is 28.0. The van der Waals surface area contributed by atoms with Crippen molar-refractivity contribution >= 4 is 50.9 Å². The van der Waals surface area contributed by atoms with E-state index in [0.717, 1.165) is 17.7 Å². The topological polar surface area (TPSA) is 104 Å². The number of carbonyl (C=O) groups excluding carboxylic acids is 3. The van der Waals surface area contributed by atoms with E-state index in [4.69, 9.17) is 23.2 Å². The highest BCUT2D eigenvalue weighted by Gasteiger charge is 2.51. The Kier molecular flexibility index (Phi) is 5.27. The maximum atomic E-state index is 13.1. The molecular formula is C19H21Cl2N3O5S. The molecule has 0 unspecified atom stereocenters. The van der Waals surface area contributed by atoms with Gasteiger partial charge in [-0.15, -0.1) is 0 Å². The highest BCUT2D eigenvalue weighted by molar-refractivity contribution is 7.91. The molecule has 0 bridgehead atoms. The van der Waals surface area contributed by atoms with Gasteiger partial charge in [-0.3, -0.25) is 14.5 Å². The number of hydrogen-bond donors (Lipinski definition) is 1. The summed E-state index contributed by atoms with van der Waals surface area (Å²) in [6.45, 7) is 1.08. The minimum Gasteiger partial charge on any atom is -0.334 e. The molecule has 3 aliphatic rings. The van der Waals surface area contributed by atoms with E-state index < -0.39 is 45.8 Å². The zero-order chi connectivity index (χ0) is 21.8. The molecule has 2 saturated heterocycles. The van der Waals surface area contributed by atoms with Crippen LogP contribution >= 0.6 is 23.2 Å². The predicted octanol–water partition coefficient (Wildman–Crippen LogP) is 1.94. The van der Waals surface area contributed by atoms with Crippen molar-refractivity contribution in [2.45, 2.75) is 43.8 Å². The summed E-state index contributed by atoms with van der Waals surface area (Å²) < 4.78 is 23.7. The van der Waals surface area contributed by atoms with Crippen LogP contribution in [0.25, 0.3) is 0 Å². The lowest BCUT2D eigenvalue weighted by Crippen LogP contribution is -2.49. The number of rotatable bonds is 5. The molecule has 11 heteroatoms. The highest BCUT2D eigenvalue weighted by Crippen LogP contribution is 2.36. The SMILES string of the molecule is C[C@@]1(c2ccc(Cl)cc2Cl)NC(=O)N(CC(=O)N(C2CC2)[C@@H]2CCS(=O)(=O)C2)C1=O. The summed E-state index contributed by atoms with van der Waals surface area (Å²) in [5.41, 5.74) is -1.05. The second-order valence-corrected chi connectivity index (χ2v) is 11.2. The van der Waals surface area contributed by atoms with E-state index in [-0.39, 0.29) is 22.6 Å². The number of nitrogens with zero attached hydrogens (tertiary/aromatic N) is 2. The van der Waals surface area contributed by atoms with Gasteiger partial charge < -0.3 is 10.2 Å². The van der Waals surface area contributed by atoms with Crippen LogP contribution in [0, 0.1) is 0 Å². The zero-order valence-electron chi connectivity index (χ0n) is 16.2. The Hall–Kier alpha value is -1.84. The molecule has 4 rings (SSSR count). The summed E-state index contributed by atoms with van der Waals surface area (Å²) in [6, 6.07) is 3.47. The summed E-state index contributed by atoms with van der Waals surface area (Å²) in [4.78, 5) is 41.2. The van der Waals surface area contributed by atoms with Gasteiger partial charge in [-0.05, 0) is 38.3 Å². The van der Waals surface area contributed by atoms with Crippen LogP contribution in [-0.2, 0) is 25.0 Å². The first-order valence-corrected chi connectivity index (χ1v) is 12.2. The number of nitrogens with one attached hydrogen (secondary N) is 1. The molecule has 0 spiro atoms. The Balaban J connectivity index is 1.55. The van der Waals surface area contributed by atoms with Crippen LogP contribution in [0.15, 0.2) is 18.2 Å². The van der Waals surface area contributed by atoms with Gasteiger partial charge in [0.05, 0.1) is 11.5 Å². The lowest BCUT2D eigenvalue weighted by Gasteiger charge is -2.30. The fraction of sp³-hybridized carbons (Fsp3) is 0.526. The van der Waals surface area contributed by atoms with Crippen LogP contribution in [0.5, 0.6) is 0 Å². The quantitative estimate of drug-likeness (QED) is 0.657. The lowest BCUT2D eigenvalue weighted by molar-refractivity contribution is -0.140. The third-order valence-corrected chi connectivity index (χ3v) is 8.17. The molecule has 3 fully saturated rings. The van der Waals surface area contributed by atoms with E-state index in [1.807, 2.05) is 0 Å². The van der Waals surface area contributed by atoms with Crippen molar-refractivity contribution in [3.63, 3.8) is 0 Å². The van der Waals surface area contributed by atoms with Crippen molar-refractivity contribution in [2.24, 2.45) is 0 Å². The van der Waals surface area contributed by atoms with Gasteiger partial charge in [-0.25, -0.2) is 13.2 Å². The molecule has 1 aromatic rings. The molecule has 8 nitrogen and oxygen atoms in total. The van der Waals surface area contributed by atoms with Gasteiger partial charge in [0.25, 0.3) is 5.91 Å². The van der Waals surface area contributed by atoms with E-state index in [0.29, 0.717) is 17.0 Å². The Labute approximate surface area is 184 Å². The number of amides is 4. The van der Waals surface area contributed by atoms with Gasteiger partial charge in [0.1, 0.15) is 12.1 Å². The molecule has 2 aliphatic heterocycles. The van der Waals surface area contributed by atoms with Gasteiger partial charge in [0.15, 0.2) is 9.84 Å². The molecule has 2 heterocycles. The van der Waals surface area contributed by atoms with E-state index in [2.05, 4.69) is 5.32 Å². The van der Waals surface area contributed by atoms with Gasteiger partial charge >= 0.3 is 6.03 Å². The summed E-state index contributed by atoms with van der Waals surface area (Å²) in [5, 5.41) is 3.24. The van der Waals surface area contributed by atoms with Crippen molar-refractivity contribution in [3.05, 3.63) is 33.8 Å². The molecule has 1 aromatic carbocycles. The van der Waals surface area contributed by atoms with Crippen molar-refractivity contribution in [1.29, 1.82) is 0 Å². The number of imide groups is 1. The van der Waals surface area contributed by atoms with Crippen LogP contribution in [0.3, 0.4) is 0 Å². The van der Waals surface area contributed by atoms with Gasteiger partial charge in [0, 0.05) is 27.7 Å². The molecule has 1 N–H and O–H groups in total. The number of halogens is 2. The van der Waals surface area contributed by atoms with Crippen LogP contribution in [0.2, 0.25) is 10.0 Å².